The van der Waals surface area contributed by atoms with E-state index < -0.39 is 6.04 Å². The first-order valence-electron chi connectivity index (χ1n) is 8.39. The number of nitrogens with one attached hydrogen (secondary N) is 1. The Balaban J connectivity index is 2.10. The lowest BCUT2D eigenvalue weighted by atomic mass is 9.86. The van der Waals surface area contributed by atoms with Gasteiger partial charge in [-0.05, 0) is 37.7 Å². The van der Waals surface area contributed by atoms with Crippen LogP contribution in [0.25, 0.3) is 0 Å². The first kappa shape index (κ1) is 17.7. The molecular weight excluding hydrogens is 290 g/mol. The van der Waals surface area contributed by atoms with E-state index in [0.29, 0.717) is 6.54 Å². The van der Waals surface area contributed by atoms with Crippen molar-refractivity contribution in [3.05, 3.63) is 17.5 Å². The Morgan fingerprint density at radius 1 is 1.30 bits per heavy atom. The van der Waals surface area contributed by atoms with Crippen molar-refractivity contribution in [2.24, 2.45) is 11.1 Å². The second kappa shape index (κ2) is 7.25. The van der Waals surface area contributed by atoms with Gasteiger partial charge in [-0.25, -0.2) is 9.97 Å². The molecule has 6 nitrogen and oxygen atoms in total. The molecule has 0 saturated carbocycles. The number of nitrogens with two attached hydrogens (primary N) is 1. The number of carbonyl (C=O) groups is 1. The lowest BCUT2D eigenvalue weighted by Gasteiger charge is -2.29. The number of aryl methyl sites for hydroxylation is 1. The summed E-state index contributed by atoms with van der Waals surface area (Å²) in [4.78, 5) is 23.1. The number of anilines is 1. The highest BCUT2D eigenvalue weighted by atomic mass is 16.1. The number of primary amides is 1. The maximum absolute atomic E-state index is 11.7. The van der Waals surface area contributed by atoms with E-state index in [2.05, 4.69) is 20.2 Å². The van der Waals surface area contributed by atoms with Crippen molar-refractivity contribution >= 4 is 11.9 Å². The molecule has 1 fully saturated rings. The molecule has 1 unspecified atom stereocenters. The third-order valence-corrected chi connectivity index (χ3v) is 4.17. The van der Waals surface area contributed by atoms with Crippen molar-refractivity contribution in [3.63, 3.8) is 0 Å². The van der Waals surface area contributed by atoms with E-state index in [-0.39, 0.29) is 11.3 Å². The molecule has 0 radical (unpaired) electrons. The van der Waals surface area contributed by atoms with Crippen LogP contribution in [-0.4, -0.2) is 35.0 Å². The average molecular weight is 319 g/mol. The van der Waals surface area contributed by atoms with Gasteiger partial charge in [-0.15, -0.1) is 0 Å². The van der Waals surface area contributed by atoms with Crippen LogP contribution in [0.1, 0.15) is 51.4 Å². The fourth-order valence-corrected chi connectivity index (χ4v) is 2.98. The fourth-order valence-electron chi connectivity index (χ4n) is 2.98. The van der Waals surface area contributed by atoms with Crippen LogP contribution in [0.4, 0.5) is 5.95 Å². The number of aromatic nitrogens is 2. The van der Waals surface area contributed by atoms with Gasteiger partial charge in [-0.1, -0.05) is 20.8 Å². The van der Waals surface area contributed by atoms with Gasteiger partial charge in [0, 0.05) is 25.3 Å². The highest BCUT2D eigenvalue weighted by molar-refractivity contribution is 5.80. The second-order valence-corrected chi connectivity index (χ2v) is 7.43. The number of hydrogen-bond donors (Lipinski definition) is 2. The number of amides is 1. The van der Waals surface area contributed by atoms with Gasteiger partial charge in [0.25, 0.3) is 0 Å². The Kier molecular flexibility index (Phi) is 5.57. The second-order valence-electron chi connectivity index (χ2n) is 7.43. The zero-order valence-corrected chi connectivity index (χ0v) is 14.7. The van der Waals surface area contributed by atoms with Crippen LogP contribution in [0.3, 0.4) is 0 Å². The average Bonchev–Trinajstić information content (AvgIpc) is 2.46. The molecule has 1 aromatic rings. The molecule has 1 amide bonds. The third-order valence-electron chi connectivity index (χ3n) is 4.17. The zero-order valence-electron chi connectivity index (χ0n) is 14.7. The minimum atomic E-state index is -0.392. The largest absolute Gasteiger partial charge is 0.368 e. The van der Waals surface area contributed by atoms with E-state index in [4.69, 9.17) is 5.73 Å². The van der Waals surface area contributed by atoms with Crippen molar-refractivity contribution in [1.82, 2.24) is 15.3 Å². The van der Waals surface area contributed by atoms with Gasteiger partial charge in [-0.2, -0.15) is 0 Å². The Labute approximate surface area is 138 Å². The molecular formula is C17H29N5O. The smallest absolute Gasteiger partial charge is 0.235 e. The normalized spacial score (nSPS) is 17.1. The molecule has 1 atom stereocenters. The molecule has 3 N–H and O–H groups in total. The molecule has 23 heavy (non-hydrogen) atoms. The third kappa shape index (κ3) is 4.89. The monoisotopic (exact) mass is 319 g/mol. The topological polar surface area (TPSA) is 84.1 Å². The summed E-state index contributed by atoms with van der Waals surface area (Å²) in [5, 5.41) is 3.25. The Morgan fingerprint density at radius 3 is 2.52 bits per heavy atom. The van der Waals surface area contributed by atoms with Crippen LogP contribution in [0.2, 0.25) is 0 Å². The van der Waals surface area contributed by atoms with Crippen molar-refractivity contribution in [3.8, 4) is 0 Å². The summed E-state index contributed by atoms with van der Waals surface area (Å²) >= 11 is 0. The van der Waals surface area contributed by atoms with Gasteiger partial charge in [0.15, 0.2) is 0 Å². The molecule has 0 aromatic carbocycles. The molecule has 1 saturated heterocycles. The predicted octanol–water partition coefficient (Wildman–Crippen LogP) is 1.76. The summed E-state index contributed by atoms with van der Waals surface area (Å²) in [5.74, 6) is 0.465. The molecule has 1 aliphatic heterocycles. The quantitative estimate of drug-likeness (QED) is 0.864. The van der Waals surface area contributed by atoms with E-state index >= 15 is 0 Å². The first-order chi connectivity index (χ1) is 10.8. The van der Waals surface area contributed by atoms with E-state index in [1.165, 1.54) is 19.3 Å². The molecule has 0 aliphatic carbocycles. The van der Waals surface area contributed by atoms with Crippen molar-refractivity contribution in [2.45, 2.75) is 59.5 Å². The van der Waals surface area contributed by atoms with E-state index in [1.807, 2.05) is 33.8 Å². The minimum Gasteiger partial charge on any atom is -0.368 e. The summed E-state index contributed by atoms with van der Waals surface area (Å²) < 4.78 is 0. The summed E-state index contributed by atoms with van der Waals surface area (Å²) in [6, 6.07) is 1.57. The van der Waals surface area contributed by atoms with Gasteiger partial charge in [0.2, 0.25) is 11.9 Å². The molecule has 1 aromatic heterocycles. The highest BCUT2D eigenvalue weighted by Gasteiger charge is 2.29. The minimum absolute atomic E-state index is 0.233. The molecule has 2 heterocycles. The van der Waals surface area contributed by atoms with Crippen molar-refractivity contribution in [2.75, 3.05) is 18.0 Å². The van der Waals surface area contributed by atoms with Gasteiger partial charge in [0.1, 0.15) is 0 Å². The van der Waals surface area contributed by atoms with Gasteiger partial charge < -0.3 is 10.6 Å². The number of rotatable bonds is 5. The first-order valence-corrected chi connectivity index (χ1v) is 8.39. The van der Waals surface area contributed by atoms with Gasteiger partial charge >= 0.3 is 0 Å². The Hall–Kier alpha value is -1.69. The zero-order chi connectivity index (χ0) is 17.0. The lowest BCUT2D eigenvalue weighted by molar-refractivity contribution is -0.122. The molecule has 6 heteroatoms. The number of carbonyl (C=O) groups excluding carboxylic acids is 1. The van der Waals surface area contributed by atoms with Gasteiger partial charge in [-0.3, -0.25) is 10.1 Å². The summed E-state index contributed by atoms with van der Waals surface area (Å²) in [5.41, 5.74) is 7.13. The van der Waals surface area contributed by atoms with Gasteiger partial charge in [0.05, 0.1) is 11.7 Å². The van der Waals surface area contributed by atoms with Crippen molar-refractivity contribution in [1.29, 1.82) is 0 Å². The Bertz CT molecular complexity index is 546. The van der Waals surface area contributed by atoms with E-state index in [1.54, 1.807) is 0 Å². The maximum atomic E-state index is 11.7. The molecule has 128 valence electrons. The van der Waals surface area contributed by atoms with Crippen LogP contribution in [0, 0.1) is 12.3 Å². The predicted molar refractivity (Wildman–Crippen MR) is 92.1 cm³/mol. The van der Waals surface area contributed by atoms with E-state index in [0.717, 1.165) is 30.4 Å². The number of piperidine rings is 1. The van der Waals surface area contributed by atoms with Crippen LogP contribution in [0.15, 0.2) is 6.07 Å². The summed E-state index contributed by atoms with van der Waals surface area (Å²) in [6.07, 6.45) is 3.67. The van der Waals surface area contributed by atoms with Crippen LogP contribution >= 0.6 is 0 Å². The summed E-state index contributed by atoms with van der Waals surface area (Å²) in [6.45, 7) is 10.5. The molecule has 0 spiro atoms. The van der Waals surface area contributed by atoms with E-state index in [9.17, 15) is 4.79 Å². The standard InChI is InChI=1S/C17H29N5O/c1-12-10-13(11-19-14(15(18)23)17(2,3)4)21-16(20-12)22-8-6-5-7-9-22/h10,14,19H,5-9,11H2,1-4H3,(H2,18,23). The maximum Gasteiger partial charge on any atom is 0.235 e. The SMILES string of the molecule is Cc1cc(CNC(C(N)=O)C(C)(C)C)nc(N2CCCCC2)n1. The number of hydrogen-bond acceptors (Lipinski definition) is 5. The van der Waals surface area contributed by atoms with Crippen molar-refractivity contribution < 1.29 is 4.79 Å². The van der Waals surface area contributed by atoms with Crippen LogP contribution in [-0.2, 0) is 11.3 Å². The summed E-state index contributed by atoms with van der Waals surface area (Å²) in [7, 11) is 0. The lowest BCUT2D eigenvalue weighted by Crippen LogP contribution is -2.49. The molecule has 0 bridgehead atoms. The Morgan fingerprint density at radius 2 is 1.96 bits per heavy atom. The molecule has 1 aliphatic rings. The fraction of sp³-hybridized carbons (Fsp3) is 0.706. The molecule has 2 rings (SSSR count). The highest BCUT2D eigenvalue weighted by Crippen LogP contribution is 2.20. The number of nitrogens with zero attached hydrogens (tertiary/aromatic N) is 3. The van der Waals surface area contributed by atoms with Crippen LogP contribution < -0.4 is 16.0 Å². The van der Waals surface area contributed by atoms with Crippen LogP contribution in [0.5, 0.6) is 0 Å².